The highest BCUT2D eigenvalue weighted by Gasteiger charge is 2.15. The van der Waals surface area contributed by atoms with Gasteiger partial charge < -0.3 is 30.1 Å². The largest absolute Gasteiger partial charge is 0.493 e. The standard InChI is InChI=1S/C23H35N5O3/c1-17-13-22(24-2)27-23(25-17)26-19-8-9-20(30-3)21(14-19)31-16-18(15-29)7-4-5-10-28-11-6-12-28/h8-9,13-14,18,29H,4-7,10-12,15-16H2,1-3H3,(H2,24,25,26,27). The Balaban J connectivity index is 1.57. The maximum atomic E-state index is 9.76. The number of aryl methyl sites for hydroxylation is 1. The Kier molecular flexibility index (Phi) is 8.73. The van der Waals surface area contributed by atoms with E-state index in [1.54, 1.807) is 7.11 Å². The topological polar surface area (TPSA) is 91.8 Å². The zero-order valence-corrected chi connectivity index (χ0v) is 18.9. The van der Waals surface area contributed by atoms with Crippen molar-refractivity contribution < 1.29 is 14.6 Å². The molecule has 170 valence electrons. The number of methoxy groups -OCH3 is 1. The Morgan fingerprint density at radius 2 is 2.00 bits per heavy atom. The molecule has 31 heavy (non-hydrogen) atoms. The SMILES string of the molecule is CNc1cc(C)nc(Nc2ccc(OC)c(OCC(CO)CCCCN3CCC3)c2)n1. The Hall–Kier alpha value is -2.58. The highest BCUT2D eigenvalue weighted by atomic mass is 16.5. The first-order chi connectivity index (χ1) is 15.1. The molecule has 2 heterocycles. The number of likely N-dealkylation sites (tertiary alicyclic amines) is 1. The molecule has 1 aromatic carbocycles. The number of aromatic nitrogens is 2. The fraction of sp³-hybridized carbons (Fsp3) is 0.565. The van der Waals surface area contributed by atoms with Crippen molar-refractivity contribution in [2.24, 2.45) is 5.92 Å². The summed E-state index contributed by atoms with van der Waals surface area (Å²) in [6.07, 6.45) is 4.55. The zero-order chi connectivity index (χ0) is 22.1. The lowest BCUT2D eigenvalue weighted by atomic mass is 10.0. The van der Waals surface area contributed by atoms with E-state index in [9.17, 15) is 5.11 Å². The second kappa shape index (κ2) is 11.7. The highest BCUT2D eigenvalue weighted by Crippen LogP contribution is 2.32. The van der Waals surface area contributed by atoms with Gasteiger partial charge in [-0.2, -0.15) is 4.98 Å². The van der Waals surface area contributed by atoms with Crippen LogP contribution >= 0.6 is 0 Å². The Morgan fingerprint density at radius 1 is 1.16 bits per heavy atom. The smallest absolute Gasteiger partial charge is 0.229 e. The number of hydrogen-bond donors (Lipinski definition) is 3. The third-order valence-electron chi connectivity index (χ3n) is 5.55. The predicted octanol–water partition coefficient (Wildman–Crippen LogP) is 3.44. The van der Waals surface area contributed by atoms with Crippen LogP contribution in [0.25, 0.3) is 0 Å². The first-order valence-corrected chi connectivity index (χ1v) is 11.1. The Bertz CT molecular complexity index is 829. The van der Waals surface area contributed by atoms with Crippen LogP contribution in [0.5, 0.6) is 11.5 Å². The first kappa shape index (κ1) is 23.1. The molecule has 3 rings (SSSR count). The molecule has 1 saturated heterocycles. The molecule has 8 nitrogen and oxygen atoms in total. The summed E-state index contributed by atoms with van der Waals surface area (Å²) in [6.45, 7) is 6.13. The zero-order valence-electron chi connectivity index (χ0n) is 18.9. The van der Waals surface area contributed by atoms with Crippen molar-refractivity contribution in [2.75, 3.05) is 57.6 Å². The third kappa shape index (κ3) is 6.97. The number of aliphatic hydroxyl groups is 1. The van der Waals surface area contributed by atoms with Gasteiger partial charge in [-0.15, -0.1) is 0 Å². The van der Waals surface area contributed by atoms with Crippen molar-refractivity contribution in [3.8, 4) is 11.5 Å². The van der Waals surface area contributed by atoms with Crippen molar-refractivity contribution >= 4 is 17.5 Å². The number of hydrogen-bond acceptors (Lipinski definition) is 8. The number of benzene rings is 1. The van der Waals surface area contributed by atoms with E-state index in [1.165, 1.54) is 25.9 Å². The summed E-state index contributed by atoms with van der Waals surface area (Å²) in [5, 5.41) is 16.0. The van der Waals surface area contributed by atoms with Crippen molar-refractivity contribution in [1.82, 2.24) is 14.9 Å². The minimum atomic E-state index is 0.107. The van der Waals surface area contributed by atoms with Gasteiger partial charge in [0.2, 0.25) is 5.95 Å². The lowest BCUT2D eigenvalue weighted by Gasteiger charge is -2.30. The van der Waals surface area contributed by atoms with Crippen LogP contribution in [0.1, 0.15) is 31.4 Å². The molecule has 8 heteroatoms. The van der Waals surface area contributed by atoms with E-state index < -0.39 is 0 Å². The van der Waals surface area contributed by atoms with Crippen molar-refractivity contribution in [2.45, 2.75) is 32.6 Å². The summed E-state index contributed by atoms with van der Waals surface area (Å²) in [7, 11) is 3.45. The maximum Gasteiger partial charge on any atom is 0.229 e. The number of anilines is 3. The van der Waals surface area contributed by atoms with Gasteiger partial charge in [-0.05, 0) is 58.0 Å². The average Bonchev–Trinajstić information content (AvgIpc) is 2.74. The summed E-state index contributed by atoms with van der Waals surface area (Å²) in [4.78, 5) is 11.3. The molecule has 0 spiro atoms. The van der Waals surface area contributed by atoms with Gasteiger partial charge in [0.15, 0.2) is 11.5 Å². The van der Waals surface area contributed by atoms with E-state index in [4.69, 9.17) is 9.47 Å². The van der Waals surface area contributed by atoms with Crippen LogP contribution in [0.2, 0.25) is 0 Å². The molecule has 3 N–H and O–H groups in total. The van der Waals surface area contributed by atoms with Gasteiger partial charge in [0.25, 0.3) is 0 Å². The molecule has 1 atom stereocenters. The van der Waals surface area contributed by atoms with Crippen LogP contribution in [0, 0.1) is 12.8 Å². The number of unbranched alkanes of at least 4 members (excludes halogenated alkanes) is 1. The lowest BCUT2D eigenvalue weighted by molar-refractivity contribution is 0.145. The minimum Gasteiger partial charge on any atom is -0.493 e. The molecule has 0 amide bonds. The molecule has 0 radical (unpaired) electrons. The molecular weight excluding hydrogens is 394 g/mol. The predicted molar refractivity (Wildman–Crippen MR) is 124 cm³/mol. The van der Waals surface area contributed by atoms with Crippen LogP contribution in [0.3, 0.4) is 0 Å². The second-order valence-electron chi connectivity index (χ2n) is 8.01. The van der Waals surface area contributed by atoms with Gasteiger partial charge in [-0.1, -0.05) is 6.42 Å². The molecule has 2 aromatic rings. The minimum absolute atomic E-state index is 0.107. The first-order valence-electron chi connectivity index (χ1n) is 11.1. The Morgan fingerprint density at radius 3 is 2.68 bits per heavy atom. The molecule has 0 saturated carbocycles. The van der Waals surface area contributed by atoms with Gasteiger partial charge in [-0.3, -0.25) is 0 Å². The van der Waals surface area contributed by atoms with E-state index >= 15 is 0 Å². The van der Waals surface area contributed by atoms with Crippen molar-refractivity contribution in [3.63, 3.8) is 0 Å². The van der Waals surface area contributed by atoms with Gasteiger partial charge in [-0.25, -0.2) is 4.98 Å². The van der Waals surface area contributed by atoms with Crippen LogP contribution in [0.15, 0.2) is 24.3 Å². The van der Waals surface area contributed by atoms with Gasteiger partial charge in [0, 0.05) is 43.1 Å². The lowest BCUT2D eigenvalue weighted by Crippen LogP contribution is -2.37. The molecule has 0 bridgehead atoms. The van der Waals surface area contributed by atoms with Crippen LogP contribution in [-0.2, 0) is 0 Å². The molecule has 1 aromatic heterocycles. The van der Waals surface area contributed by atoms with E-state index in [1.807, 2.05) is 38.2 Å². The summed E-state index contributed by atoms with van der Waals surface area (Å²) in [5.41, 5.74) is 1.67. The summed E-state index contributed by atoms with van der Waals surface area (Å²) in [5.74, 6) is 2.65. The molecule has 1 fully saturated rings. The van der Waals surface area contributed by atoms with Crippen LogP contribution in [-0.4, -0.2) is 67.0 Å². The van der Waals surface area contributed by atoms with E-state index in [2.05, 4.69) is 25.5 Å². The van der Waals surface area contributed by atoms with Crippen LogP contribution < -0.4 is 20.1 Å². The third-order valence-corrected chi connectivity index (χ3v) is 5.55. The van der Waals surface area contributed by atoms with Crippen molar-refractivity contribution in [3.05, 3.63) is 30.0 Å². The van der Waals surface area contributed by atoms with Crippen LogP contribution in [0.4, 0.5) is 17.5 Å². The van der Waals surface area contributed by atoms with E-state index in [-0.39, 0.29) is 12.5 Å². The Labute approximate surface area is 185 Å². The monoisotopic (exact) mass is 429 g/mol. The molecule has 1 unspecified atom stereocenters. The fourth-order valence-corrected chi connectivity index (χ4v) is 3.56. The van der Waals surface area contributed by atoms with Gasteiger partial charge >= 0.3 is 0 Å². The normalized spacial score (nSPS) is 14.6. The summed E-state index contributed by atoms with van der Waals surface area (Å²) >= 11 is 0. The molecule has 0 aliphatic carbocycles. The molecular formula is C23H35N5O3. The van der Waals surface area contributed by atoms with Gasteiger partial charge in [0.1, 0.15) is 5.82 Å². The number of rotatable bonds is 13. The highest BCUT2D eigenvalue weighted by molar-refractivity contribution is 5.60. The number of nitrogens with one attached hydrogen (secondary N) is 2. The van der Waals surface area contributed by atoms with E-state index in [0.29, 0.717) is 24.1 Å². The average molecular weight is 430 g/mol. The molecule has 1 aliphatic heterocycles. The maximum absolute atomic E-state index is 9.76. The van der Waals surface area contributed by atoms with Gasteiger partial charge in [0.05, 0.1) is 13.7 Å². The van der Waals surface area contributed by atoms with Crippen molar-refractivity contribution in [1.29, 1.82) is 0 Å². The fourth-order valence-electron chi connectivity index (χ4n) is 3.56. The van der Waals surface area contributed by atoms with E-state index in [0.717, 1.165) is 36.6 Å². The number of ether oxygens (including phenoxy) is 2. The summed E-state index contributed by atoms with van der Waals surface area (Å²) < 4.78 is 11.5. The molecule has 1 aliphatic rings. The number of aliphatic hydroxyl groups excluding tert-OH is 1. The second-order valence-corrected chi connectivity index (χ2v) is 8.01. The number of nitrogens with zero attached hydrogens (tertiary/aromatic N) is 3. The summed E-state index contributed by atoms with van der Waals surface area (Å²) in [6, 6.07) is 7.51. The quantitative estimate of drug-likeness (QED) is 0.417.